The van der Waals surface area contributed by atoms with Gasteiger partial charge in [0.05, 0.1) is 5.92 Å². The lowest BCUT2D eigenvalue weighted by molar-refractivity contribution is -0.159. The molecule has 0 spiro atoms. The molecule has 1 unspecified atom stereocenters. The summed E-state index contributed by atoms with van der Waals surface area (Å²) in [5.74, 6) is -3.17. The van der Waals surface area contributed by atoms with Gasteiger partial charge in [-0.2, -0.15) is 0 Å². The Balaban J connectivity index is 4.44. The molecule has 0 heterocycles. The highest BCUT2D eigenvalue weighted by Crippen LogP contribution is 2.16. The summed E-state index contributed by atoms with van der Waals surface area (Å²) in [5, 5.41) is 8.38. The maximum Gasteiger partial charge on any atom is 0.338 e. The minimum atomic E-state index is -1.26. The summed E-state index contributed by atoms with van der Waals surface area (Å²) in [4.78, 5) is 33.3. The Hall–Kier alpha value is -1.91. The second kappa shape index (κ2) is 11.0. The maximum absolute atomic E-state index is 11.8. The molecule has 0 aliphatic rings. The van der Waals surface area contributed by atoms with Crippen LogP contribution in [0.15, 0.2) is 24.3 Å². The van der Waals surface area contributed by atoms with E-state index in [0.717, 1.165) is 25.3 Å². The van der Waals surface area contributed by atoms with E-state index in [1.807, 2.05) is 19.1 Å². The van der Waals surface area contributed by atoms with E-state index in [9.17, 15) is 14.4 Å². The van der Waals surface area contributed by atoms with E-state index in [4.69, 9.17) is 5.11 Å². The fraction of sp³-hybridized carbons (Fsp3) is 0.533. The molecule has 0 aromatic heterocycles. The summed E-state index contributed by atoms with van der Waals surface area (Å²) >= 11 is 0. The van der Waals surface area contributed by atoms with E-state index in [1.54, 1.807) is 0 Å². The van der Waals surface area contributed by atoms with Gasteiger partial charge in [-0.15, -0.1) is 0 Å². The van der Waals surface area contributed by atoms with Crippen LogP contribution in [0.3, 0.4) is 0 Å². The topological polar surface area (TPSA) is 80.7 Å². The lowest BCUT2D eigenvalue weighted by Crippen LogP contribution is -2.20. The standard InChI is InChI=1S/C15H22O5/c1-3-5-7-9-12(8-6-4-2)15(19)20-14(18)11-10-13(16)17/h4,6,10-12H,3,5,7-9H2,1-2H3,(H,16,17)/b6-4?,11-10-. The predicted octanol–water partition coefficient (Wildman–Crippen LogP) is 2.86. The Bertz CT molecular complexity index is 382. The van der Waals surface area contributed by atoms with Crippen molar-refractivity contribution in [2.45, 2.75) is 46.0 Å². The third-order valence-electron chi connectivity index (χ3n) is 2.71. The van der Waals surface area contributed by atoms with Gasteiger partial charge in [-0.1, -0.05) is 38.3 Å². The van der Waals surface area contributed by atoms with Crippen molar-refractivity contribution in [2.24, 2.45) is 5.92 Å². The van der Waals surface area contributed by atoms with Crippen molar-refractivity contribution in [3.8, 4) is 0 Å². The molecule has 0 bridgehead atoms. The lowest BCUT2D eigenvalue weighted by atomic mass is 9.98. The van der Waals surface area contributed by atoms with Crippen molar-refractivity contribution in [3.05, 3.63) is 24.3 Å². The number of esters is 2. The Labute approximate surface area is 119 Å². The van der Waals surface area contributed by atoms with Gasteiger partial charge < -0.3 is 9.84 Å². The van der Waals surface area contributed by atoms with Crippen LogP contribution in [0.25, 0.3) is 0 Å². The van der Waals surface area contributed by atoms with Crippen LogP contribution >= 0.6 is 0 Å². The van der Waals surface area contributed by atoms with Gasteiger partial charge in [-0.25, -0.2) is 9.59 Å². The second-order valence-corrected chi connectivity index (χ2v) is 4.41. The minimum Gasteiger partial charge on any atom is -0.478 e. The van der Waals surface area contributed by atoms with Gasteiger partial charge in [0.15, 0.2) is 0 Å². The first kappa shape index (κ1) is 18.1. The molecule has 0 saturated heterocycles. The van der Waals surface area contributed by atoms with Crippen LogP contribution < -0.4 is 0 Å². The zero-order chi connectivity index (χ0) is 15.4. The van der Waals surface area contributed by atoms with Crippen molar-refractivity contribution >= 4 is 17.9 Å². The molecular weight excluding hydrogens is 260 g/mol. The van der Waals surface area contributed by atoms with E-state index in [-0.39, 0.29) is 5.92 Å². The van der Waals surface area contributed by atoms with Gasteiger partial charge >= 0.3 is 17.9 Å². The van der Waals surface area contributed by atoms with Crippen LogP contribution in [-0.2, 0) is 19.1 Å². The number of ether oxygens (including phenoxy) is 1. The number of hydrogen-bond donors (Lipinski definition) is 1. The molecule has 112 valence electrons. The number of aliphatic carboxylic acids is 1. The highest BCUT2D eigenvalue weighted by atomic mass is 16.6. The number of carbonyl (C=O) groups excluding carboxylic acids is 2. The number of carboxylic acids is 1. The first-order chi connectivity index (χ1) is 9.51. The number of unbranched alkanes of at least 4 members (excludes halogenated alkanes) is 2. The van der Waals surface area contributed by atoms with Crippen molar-refractivity contribution in [1.82, 2.24) is 0 Å². The van der Waals surface area contributed by atoms with Gasteiger partial charge in [-0.3, -0.25) is 4.79 Å². The number of hydrogen-bond acceptors (Lipinski definition) is 4. The zero-order valence-electron chi connectivity index (χ0n) is 12.0. The molecule has 0 aromatic carbocycles. The highest BCUT2D eigenvalue weighted by Gasteiger charge is 2.20. The minimum absolute atomic E-state index is 0.361. The molecule has 1 N–H and O–H groups in total. The molecule has 20 heavy (non-hydrogen) atoms. The Morgan fingerprint density at radius 3 is 2.45 bits per heavy atom. The smallest absolute Gasteiger partial charge is 0.338 e. The van der Waals surface area contributed by atoms with Crippen LogP contribution in [0.5, 0.6) is 0 Å². The van der Waals surface area contributed by atoms with Gasteiger partial charge in [-0.05, 0) is 19.8 Å². The van der Waals surface area contributed by atoms with Gasteiger partial charge in [0.1, 0.15) is 0 Å². The van der Waals surface area contributed by atoms with Crippen LogP contribution in [0.4, 0.5) is 0 Å². The third kappa shape index (κ3) is 9.08. The van der Waals surface area contributed by atoms with Crippen LogP contribution in [-0.4, -0.2) is 23.0 Å². The van der Waals surface area contributed by atoms with E-state index >= 15 is 0 Å². The SMILES string of the molecule is CC=CCC(CCCCC)C(=O)OC(=O)/C=C\C(=O)O. The van der Waals surface area contributed by atoms with E-state index in [0.29, 0.717) is 18.9 Å². The summed E-state index contributed by atoms with van der Waals surface area (Å²) in [7, 11) is 0. The summed E-state index contributed by atoms with van der Waals surface area (Å²) < 4.78 is 4.63. The van der Waals surface area contributed by atoms with Gasteiger partial charge in [0.2, 0.25) is 0 Å². The fourth-order valence-electron chi connectivity index (χ4n) is 1.63. The van der Waals surface area contributed by atoms with Crippen molar-refractivity contribution in [3.63, 3.8) is 0 Å². The monoisotopic (exact) mass is 282 g/mol. The molecule has 0 aromatic rings. The molecule has 5 heteroatoms. The second-order valence-electron chi connectivity index (χ2n) is 4.41. The molecule has 0 aliphatic carbocycles. The number of carboxylic acid groups (broad SMARTS) is 1. The lowest BCUT2D eigenvalue weighted by Gasteiger charge is -2.12. The zero-order valence-corrected chi connectivity index (χ0v) is 12.0. The molecule has 5 nitrogen and oxygen atoms in total. The van der Waals surface area contributed by atoms with Crippen LogP contribution in [0.1, 0.15) is 46.0 Å². The van der Waals surface area contributed by atoms with E-state index < -0.39 is 17.9 Å². The third-order valence-corrected chi connectivity index (χ3v) is 2.71. The van der Waals surface area contributed by atoms with Crippen LogP contribution in [0, 0.1) is 5.92 Å². The Morgan fingerprint density at radius 1 is 1.20 bits per heavy atom. The fourth-order valence-corrected chi connectivity index (χ4v) is 1.63. The Kier molecular flexibility index (Phi) is 9.92. The molecule has 0 aliphatic heterocycles. The first-order valence-electron chi connectivity index (χ1n) is 6.79. The summed E-state index contributed by atoms with van der Waals surface area (Å²) in [6.07, 6.45) is 9.22. The average molecular weight is 282 g/mol. The first-order valence-corrected chi connectivity index (χ1v) is 6.79. The van der Waals surface area contributed by atoms with E-state index in [2.05, 4.69) is 11.7 Å². The van der Waals surface area contributed by atoms with Gasteiger partial charge in [0.25, 0.3) is 0 Å². The molecule has 0 rings (SSSR count). The van der Waals surface area contributed by atoms with Crippen LogP contribution in [0.2, 0.25) is 0 Å². The molecule has 0 saturated carbocycles. The van der Waals surface area contributed by atoms with Crippen molar-refractivity contribution in [2.75, 3.05) is 0 Å². The molecule has 0 radical (unpaired) electrons. The largest absolute Gasteiger partial charge is 0.478 e. The number of rotatable bonds is 9. The normalized spacial score (nSPS) is 12.7. The van der Waals surface area contributed by atoms with Gasteiger partial charge in [0, 0.05) is 12.2 Å². The van der Waals surface area contributed by atoms with Crippen molar-refractivity contribution in [1.29, 1.82) is 0 Å². The van der Waals surface area contributed by atoms with E-state index in [1.165, 1.54) is 0 Å². The highest BCUT2D eigenvalue weighted by molar-refractivity contribution is 5.96. The molecule has 0 amide bonds. The maximum atomic E-state index is 11.8. The summed E-state index contributed by atoms with van der Waals surface area (Å²) in [5.41, 5.74) is 0. The quantitative estimate of drug-likeness (QED) is 0.231. The number of carbonyl (C=O) groups is 3. The summed E-state index contributed by atoms with van der Waals surface area (Å²) in [6.45, 7) is 3.93. The molecule has 1 atom stereocenters. The molecular formula is C15H22O5. The number of allylic oxidation sites excluding steroid dienone is 2. The summed E-state index contributed by atoms with van der Waals surface area (Å²) in [6, 6.07) is 0. The van der Waals surface area contributed by atoms with Crippen molar-refractivity contribution < 1.29 is 24.2 Å². The average Bonchev–Trinajstić information content (AvgIpc) is 2.40. The Morgan fingerprint density at radius 2 is 1.90 bits per heavy atom. The predicted molar refractivity (Wildman–Crippen MR) is 74.9 cm³/mol. The molecule has 0 fully saturated rings.